The number of amides is 1. The van der Waals surface area contributed by atoms with Gasteiger partial charge in [-0.25, -0.2) is 0 Å². The Morgan fingerprint density at radius 2 is 1.92 bits per heavy atom. The van der Waals surface area contributed by atoms with Gasteiger partial charge in [-0.1, -0.05) is 23.7 Å². The lowest BCUT2D eigenvalue weighted by Gasteiger charge is -2.21. The van der Waals surface area contributed by atoms with E-state index in [4.69, 9.17) is 11.6 Å². The Labute approximate surface area is 146 Å². The molecule has 0 aliphatic heterocycles. The molecule has 3 aromatic rings. The summed E-state index contributed by atoms with van der Waals surface area (Å²) >= 11 is 6.05. The summed E-state index contributed by atoms with van der Waals surface area (Å²) in [5.41, 5.74) is 3.76. The van der Waals surface area contributed by atoms with Gasteiger partial charge in [-0.15, -0.1) is 0 Å². The van der Waals surface area contributed by atoms with Crippen molar-refractivity contribution < 1.29 is 4.79 Å². The zero-order chi connectivity index (χ0) is 17.1. The van der Waals surface area contributed by atoms with Gasteiger partial charge in [0.25, 0.3) is 5.91 Å². The first-order valence-corrected chi connectivity index (χ1v) is 8.02. The predicted molar refractivity (Wildman–Crippen MR) is 98.7 cm³/mol. The molecule has 1 heterocycles. The highest BCUT2D eigenvalue weighted by Gasteiger charge is 2.09. The molecule has 5 heteroatoms. The second-order valence-corrected chi connectivity index (χ2v) is 6.06. The third kappa shape index (κ3) is 3.34. The quantitative estimate of drug-likeness (QED) is 0.784. The number of nitrogens with one attached hydrogen (secondary N) is 1. The molecule has 1 aromatic heterocycles. The molecule has 0 saturated heterocycles. The van der Waals surface area contributed by atoms with Crippen molar-refractivity contribution >= 4 is 34.1 Å². The lowest BCUT2D eigenvalue weighted by atomic mass is 10.1. The van der Waals surface area contributed by atoms with Crippen LogP contribution >= 0.6 is 11.6 Å². The first-order chi connectivity index (χ1) is 11.6. The molecule has 1 amide bonds. The number of pyridine rings is 1. The van der Waals surface area contributed by atoms with E-state index in [0.29, 0.717) is 10.6 Å². The van der Waals surface area contributed by atoms with E-state index < -0.39 is 0 Å². The highest BCUT2D eigenvalue weighted by atomic mass is 35.5. The number of hydrogen-bond acceptors (Lipinski definition) is 3. The van der Waals surface area contributed by atoms with Crippen molar-refractivity contribution in [1.29, 1.82) is 0 Å². The maximum absolute atomic E-state index is 11.6. The van der Waals surface area contributed by atoms with Crippen LogP contribution in [0, 0.1) is 0 Å². The fourth-order valence-corrected chi connectivity index (χ4v) is 2.87. The molecule has 2 aromatic carbocycles. The molecule has 4 nitrogen and oxygen atoms in total. The van der Waals surface area contributed by atoms with Crippen LogP contribution in [0.5, 0.6) is 0 Å². The summed E-state index contributed by atoms with van der Waals surface area (Å²) in [7, 11) is 3.67. The van der Waals surface area contributed by atoms with Gasteiger partial charge in [0.1, 0.15) is 0 Å². The average molecular weight is 340 g/mol. The smallest absolute Gasteiger partial charge is 0.251 e. The summed E-state index contributed by atoms with van der Waals surface area (Å²) in [5, 5.41) is 4.37. The maximum atomic E-state index is 11.6. The van der Waals surface area contributed by atoms with Gasteiger partial charge in [-0.2, -0.15) is 0 Å². The second-order valence-electron chi connectivity index (χ2n) is 5.62. The van der Waals surface area contributed by atoms with E-state index in [1.54, 1.807) is 13.2 Å². The molecule has 0 radical (unpaired) electrons. The van der Waals surface area contributed by atoms with E-state index >= 15 is 0 Å². The molecule has 24 heavy (non-hydrogen) atoms. The van der Waals surface area contributed by atoms with Gasteiger partial charge in [0.15, 0.2) is 0 Å². The number of benzene rings is 2. The minimum atomic E-state index is -0.0769. The van der Waals surface area contributed by atoms with E-state index in [1.807, 2.05) is 55.6 Å². The normalized spacial score (nSPS) is 10.6. The van der Waals surface area contributed by atoms with E-state index in [0.717, 1.165) is 28.7 Å². The van der Waals surface area contributed by atoms with Crippen LogP contribution in [0.4, 0.5) is 5.69 Å². The van der Waals surface area contributed by atoms with Crippen LogP contribution in [0.3, 0.4) is 0 Å². The molecule has 0 atom stereocenters. The van der Waals surface area contributed by atoms with E-state index in [9.17, 15) is 4.79 Å². The van der Waals surface area contributed by atoms with Crippen molar-refractivity contribution in [3.8, 4) is 0 Å². The third-order valence-corrected chi connectivity index (χ3v) is 4.19. The second kappa shape index (κ2) is 6.89. The molecule has 122 valence electrons. The fraction of sp³-hybridized carbons (Fsp3) is 0.158. The highest BCUT2D eigenvalue weighted by molar-refractivity contribution is 6.31. The minimum absolute atomic E-state index is 0.0769. The number of fused-ring (bicyclic) bond motifs is 1. The van der Waals surface area contributed by atoms with Crippen LogP contribution < -0.4 is 10.2 Å². The molecule has 0 spiro atoms. The highest BCUT2D eigenvalue weighted by Crippen LogP contribution is 2.27. The van der Waals surface area contributed by atoms with Crippen LogP contribution in [0.2, 0.25) is 5.02 Å². The van der Waals surface area contributed by atoms with E-state index in [1.165, 1.54) is 0 Å². The third-order valence-electron chi connectivity index (χ3n) is 3.96. The summed E-state index contributed by atoms with van der Waals surface area (Å²) in [5.74, 6) is -0.0769. The van der Waals surface area contributed by atoms with Crippen molar-refractivity contribution in [2.45, 2.75) is 6.54 Å². The Morgan fingerprint density at radius 1 is 1.17 bits per heavy atom. The molecule has 3 rings (SSSR count). The number of carbonyl (C=O) groups excluding carboxylic acids is 1. The van der Waals surface area contributed by atoms with Gasteiger partial charge in [0.05, 0.1) is 5.52 Å². The number of nitrogens with zero attached hydrogens (tertiary/aromatic N) is 2. The Bertz CT molecular complexity index is 877. The largest absolute Gasteiger partial charge is 0.370 e. The Hall–Kier alpha value is -2.59. The number of rotatable bonds is 4. The molecular weight excluding hydrogens is 322 g/mol. The maximum Gasteiger partial charge on any atom is 0.251 e. The van der Waals surface area contributed by atoms with Gasteiger partial charge >= 0.3 is 0 Å². The number of halogens is 1. The zero-order valence-corrected chi connectivity index (χ0v) is 14.3. The standard InChI is InChI=1S/C19H18ClN3O/c1-21-19(24)14-5-3-13(4-6-14)12-23(2)18-9-10-22-17-11-15(20)7-8-16(17)18/h3-11H,12H2,1-2H3,(H,21,24). The average Bonchev–Trinajstić information content (AvgIpc) is 2.60. The zero-order valence-electron chi connectivity index (χ0n) is 13.6. The summed E-state index contributed by atoms with van der Waals surface area (Å²) < 4.78 is 0. The molecule has 0 unspecified atom stereocenters. The van der Waals surface area contributed by atoms with Gasteiger partial charge in [-0.3, -0.25) is 9.78 Å². The Kier molecular flexibility index (Phi) is 4.67. The van der Waals surface area contributed by atoms with Crippen molar-refractivity contribution in [3.63, 3.8) is 0 Å². The lowest BCUT2D eigenvalue weighted by Crippen LogP contribution is -2.19. The van der Waals surface area contributed by atoms with Gasteiger partial charge in [0, 0.05) is 48.5 Å². The molecule has 0 aliphatic rings. The Balaban J connectivity index is 1.85. The van der Waals surface area contributed by atoms with E-state index in [2.05, 4.69) is 15.2 Å². The lowest BCUT2D eigenvalue weighted by molar-refractivity contribution is 0.0963. The molecule has 0 aliphatic carbocycles. The van der Waals surface area contributed by atoms with Crippen molar-refractivity contribution in [1.82, 2.24) is 10.3 Å². The summed E-state index contributed by atoms with van der Waals surface area (Å²) in [6.07, 6.45) is 1.79. The molecule has 0 fully saturated rings. The number of aromatic nitrogens is 1. The van der Waals surface area contributed by atoms with Crippen molar-refractivity contribution in [3.05, 3.63) is 70.9 Å². The van der Waals surface area contributed by atoms with Crippen LogP contribution in [-0.2, 0) is 6.54 Å². The molecule has 0 bridgehead atoms. The minimum Gasteiger partial charge on any atom is -0.370 e. The fourth-order valence-electron chi connectivity index (χ4n) is 2.70. The van der Waals surface area contributed by atoms with E-state index in [-0.39, 0.29) is 5.91 Å². The predicted octanol–water partition coefficient (Wildman–Crippen LogP) is 3.88. The van der Waals surface area contributed by atoms with Gasteiger partial charge < -0.3 is 10.2 Å². The van der Waals surface area contributed by atoms with Crippen LogP contribution in [-0.4, -0.2) is 25.0 Å². The monoisotopic (exact) mass is 339 g/mol. The SMILES string of the molecule is CNC(=O)c1ccc(CN(C)c2ccnc3cc(Cl)ccc23)cc1. The first-order valence-electron chi connectivity index (χ1n) is 7.65. The summed E-state index contributed by atoms with van der Waals surface area (Å²) in [4.78, 5) is 18.1. The number of anilines is 1. The van der Waals surface area contributed by atoms with Crippen molar-refractivity contribution in [2.24, 2.45) is 0 Å². The number of carbonyl (C=O) groups is 1. The van der Waals surface area contributed by atoms with Crippen LogP contribution in [0.15, 0.2) is 54.7 Å². The van der Waals surface area contributed by atoms with Crippen LogP contribution in [0.1, 0.15) is 15.9 Å². The first kappa shape index (κ1) is 16.3. The van der Waals surface area contributed by atoms with Crippen molar-refractivity contribution in [2.75, 3.05) is 19.0 Å². The summed E-state index contributed by atoms with van der Waals surface area (Å²) in [6, 6.07) is 15.4. The molecule has 1 N–H and O–H groups in total. The van der Waals surface area contributed by atoms with Gasteiger partial charge in [-0.05, 0) is 42.0 Å². The van der Waals surface area contributed by atoms with Crippen LogP contribution in [0.25, 0.3) is 10.9 Å². The molecular formula is C19H18ClN3O. The summed E-state index contributed by atoms with van der Waals surface area (Å²) in [6.45, 7) is 0.732. The topological polar surface area (TPSA) is 45.2 Å². The number of hydrogen-bond donors (Lipinski definition) is 1. The molecule has 0 saturated carbocycles. The Morgan fingerprint density at radius 3 is 2.62 bits per heavy atom. The van der Waals surface area contributed by atoms with Gasteiger partial charge in [0.2, 0.25) is 0 Å².